The highest BCUT2D eigenvalue weighted by atomic mass is 32.2. The molecule has 8 heteroatoms. The first-order chi connectivity index (χ1) is 9.07. The van der Waals surface area contributed by atoms with Gasteiger partial charge in [0.15, 0.2) is 0 Å². The molecule has 0 spiro atoms. The average molecular weight is 311 g/mol. The van der Waals surface area contributed by atoms with E-state index in [9.17, 15) is 21.6 Å². The summed E-state index contributed by atoms with van der Waals surface area (Å²) in [6, 6.07) is 2.89. The third-order valence-electron chi connectivity index (χ3n) is 2.85. The zero-order valence-electron chi connectivity index (χ0n) is 11.1. The molecule has 1 aromatic carbocycles. The van der Waals surface area contributed by atoms with E-state index in [1.54, 1.807) is 19.9 Å². The van der Waals surface area contributed by atoms with Gasteiger partial charge in [0, 0.05) is 6.54 Å². The molecule has 1 aromatic rings. The van der Waals surface area contributed by atoms with Crippen LogP contribution in [0.5, 0.6) is 0 Å². The van der Waals surface area contributed by atoms with E-state index >= 15 is 0 Å². The number of halogens is 3. The number of aryl methyl sites for hydroxylation is 1. The fourth-order valence-electron chi connectivity index (χ4n) is 1.67. The van der Waals surface area contributed by atoms with Crippen LogP contribution in [0.4, 0.5) is 13.2 Å². The van der Waals surface area contributed by atoms with E-state index in [-0.39, 0.29) is 11.5 Å². The normalized spacial score (nSPS) is 12.7. The molecule has 1 rings (SSSR count). The van der Waals surface area contributed by atoms with Gasteiger partial charge in [0.2, 0.25) is 10.0 Å². The van der Waals surface area contributed by atoms with E-state index in [1.165, 1.54) is 6.07 Å². The van der Waals surface area contributed by atoms with Crippen molar-refractivity contribution in [2.75, 3.05) is 6.54 Å². The highest BCUT2D eigenvalue weighted by Gasteiger charge is 2.28. The number of hydrogen-bond acceptors (Lipinski definition) is 3. The summed E-state index contributed by atoms with van der Waals surface area (Å²) in [6.45, 7) is 2.18. The van der Waals surface area contributed by atoms with Crippen LogP contribution >= 0.6 is 0 Å². The van der Waals surface area contributed by atoms with Gasteiger partial charge in [-0.05, 0) is 36.6 Å². The Kier molecular flexibility index (Phi) is 5.17. The van der Waals surface area contributed by atoms with E-state index in [0.29, 0.717) is 16.7 Å². The van der Waals surface area contributed by atoms with Crippen LogP contribution in [-0.2, 0) is 16.6 Å². The van der Waals surface area contributed by atoms with Crippen LogP contribution < -0.4 is 4.72 Å². The molecule has 0 bridgehead atoms. The molecule has 114 valence electrons. The number of alkyl halides is 3. The summed E-state index contributed by atoms with van der Waals surface area (Å²) in [5.41, 5.74) is 1.48. The zero-order chi connectivity index (χ0) is 15.6. The van der Waals surface area contributed by atoms with Crippen molar-refractivity contribution in [1.29, 1.82) is 0 Å². The zero-order valence-corrected chi connectivity index (χ0v) is 11.9. The standard InChI is InChI=1S/C12H16F3NO3S/c1-8-5-10(7-17)6-11(9(8)2)20(18,19)16-4-3-12(13,14)15/h5-6,16-17H,3-4,7H2,1-2H3. The molecular formula is C12H16F3NO3S. The van der Waals surface area contributed by atoms with Crippen LogP contribution in [0.25, 0.3) is 0 Å². The molecule has 0 aliphatic heterocycles. The van der Waals surface area contributed by atoms with Gasteiger partial charge in [-0.1, -0.05) is 6.07 Å². The van der Waals surface area contributed by atoms with Crippen molar-refractivity contribution in [3.05, 3.63) is 28.8 Å². The van der Waals surface area contributed by atoms with Gasteiger partial charge in [-0.2, -0.15) is 13.2 Å². The lowest BCUT2D eigenvalue weighted by Gasteiger charge is -2.13. The Balaban J connectivity index is 3.01. The lowest BCUT2D eigenvalue weighted by atomic mass is 10.1. The maximum atomic E-state index is 12.0. The summed E-state index contributed by atoms with van der Waals surface area (Å²) < 4.78 is 62.0. The van der Waals surface area contributed by atoms with Crippen molar-refractivity contribution >= 4 is 10.0 Å². The smallest absolute Gasteiger partial charge is 0.390 e. The second-order valence-electron chi connectivity index (χ2n) is 4.46. The van der Waals surface area contributed by atoms with Gasteiger partial charge in [0.25, 0.3) is 0 Å². The summed E-state index contributed by atoms with van der Waals surface area (Å²) in [4.78, 5) is -0.108. The topological polar surface area (TPSA) is 66.4 Å². The Hall–Kier alpha value is -1.12. The van der Waals surface area contributed by atoms with E-state index in [0.717, 1.165) is 0 Å². The van der Waals surface area contributed by atoms with Gasteiger partial charge in [-0.15, -0.1) is 0 Å². The summed E-state index contributed by atoms with van der Waals surface area (Å²) in [7, 11) is -4.03. The Bertz CT molecular complexity index is 582. The predicted molar refractivity (Wildman–Crippen MR) is 67.7 cm³/mol. The van der Waals surface area contributed by atoms with Gasteiger partial charge in [-0.3, -0.25) is 0 Å². The molecule has 4 nitrogen and oxygen atoms in total. The number of aliphatic hydroxyl groups is 1. The fourth-order valence-corrected chi connectivity index (χ4v) is 3.07. The number of sulfonamides is 1. The van der Waals surface area contributed by atoms with E-state index in [4.69, 9.17) is 5.11 Å². The first-order valence-electron chi connectivity index (χ1n) is 5.84. The van der Waals surface area contributed by atoms with Crippen molar-refractivity contribution in [1.82, 2.24) is 4.72 Å². The van der Waals surface area contributed by atoms with E-state index < -0.39 is 29.2 Å². The van der Waals surface area contributed by atoms with Crippen LogP contribution in [0.1, 0.15) is 23.1 Å². The van der Waals surface area contributed by atoms with Crippen molar-refractivity contribution in [3.8, 4) is 0 Å². The number of hydrogen-bond donors (Lipinski definition) is 2. The minimum absolute atomic E-state index is 0.108. The van der Waals surface area contributed by atoms with Gasteiger partial charge < -0.3 is 5.11 Å². The third-order valence-corrected chi connectivity index (χ3v) is 4.44. The molecule has 0 aliphatic rings. The van der Waals surface area contributed by atoms with Crippen LogP contribution in [0.2, 0.25) is 0 Å². The maximum Gasteiger partial charge on any atom is 0.390 e. The van der Waals surface area contributed by atoms with Gasteiger partial charge in [0.1, 0.15) is 0 Å². The second kappa shape index (κ2) is 6.11. The monoisotopic (exact) mass is 311 g/mol. The van der Waals surface area contributed by atoms with E-state index in [1.807, 2.05) is 4.72 Å². The lowest BCUT2D eigenvalue weighted by Crippen LogP contribution is -2.28. The van der Waals surface area contributed by atoms with Crippen LogP contribution in [0.15, 0.2) is 17.0 Å². The minimum atomic E-state index is -4.42. The Morgan fingerprint density at radius 2 is 1.85 bits per heavy atom. The molecule has 20 heavy (non-hydrogen) atoms. The van der Waals surface area contributed by atoms with Gasteiger partial charge in [-0.25, -0.2) is 13.1 Å². The number of aliphatic hydroxyl groups excluding tert-OH is 1. The number of nitrogens with one attached hydrogen (secondary N) is 1. The Labute approximate surface area is 115 Å². The molecule has 0 heterocycles. The molecule has 0 fully saturated rings. The average Bonchev–Trinajstić information content (AvgIpc) is 2.30. The molecule has 0 atom stereocenters. The van der Waals surface area contributed by atoms with Crippen LogP contribution in [0.3, 0.4) is 0 Å². The van der Waals surface area contributed by atoms with Crippen molar-refractivity contribution in [2.45, 2.75) is 37.9 Å². The van der Waals surface area contributed by atoms with Crippen molar-refractivity contribution in [2.24, 2.45) is 0 Å². The van der Waals surface area contributed by atoms with Crippen LogP contribution in [-0.4, -0.2) is 26.2 Å². The quantitative estimate of drug-likeness (QED) is 0.874. The summed E-state index contributed by atoms with van der Waals surface area (Å²) in [5.74, 6) is 0. The highest BCUT2D eigenvalue weighted by Crippen LogP contribution is 2.22. The Morgan fingerprint density at radius 3 is 2.35 bits per heavy atom. The van der Waals surface area contributed by atoms with E-state index in [2.05, 4.69) is 0 Å². The first kappa shape index (κ1) is 16.9. The lowest BCUT2D eigenvalue weighted by molar-refractivity contribution is -0.132. The van der Waals surface area contributed by atoms with Crippen molar-refractivity contribution in [3.63, 3.8) is 0 Å². The van der Waals surface area contributed by atoms with Gasteiger partial charge >= 0.3 is 6.18 Å². The van der Waals surface area contributed by atoms with Crippen LogP contribution in [0, 0.1) is 13.8 Å². The molecule has 0 unspecified atom stereocenters. The molecule has 0 aromatic heterocycles. The van der Waals surface area contributed by atoms with Crippen molar-refractivity contribution < 1.29 is 26.7 Å². The largest absolute Gasteiger partial charge is 0.392 e. The molecule has 0 amide bonds. The fraction of sp³-hybridized carbons (Fsp3) is 0.500. The summed E-state index contributed by atoms with van der Waals surface area (Å²) in [6.07, 6.45) is -5.65. The highest BCUT2D eigenvalue weighted by molar-refractivity contribution is 7.89. The molecule has 0 saturated carbocycles. The molecular weight excluding hydrogens is 295 g/mol. The number of benzene rings is 1. The van der Waals surface area contributed by atoms with Gasteiger partial charge in [0.05, 0.1) is 17.9 Å². The molecule has 0 saturated heterocycles. The molecule has 2 N–H and O–H groups in total. The third kappa shape index (κ3) is 4.46. The molecule has 0 aliphatic carbocycles. The summed E-state index contributed by atoms with van der Waals surface area (Å²) in [5, 5.41) is 9.06. The second-order valence-corrected chi connectivity index (χ2v) is 6.19. The maximum absolute atomic E-state index is 12.0. The first-order valence-corrected chi connectivity index (χ1v) is 7.32. The molecule has 0 radical (unpaired) electrons. The predicted octanol–water partition coefficient (Wildman–Crippen LogP) is 2.03. The number of rotatable bonds is 5. The SMILES string of the molecule is Cc1cc(CO)cc(S(=O)(=O)NCCC(F)(F)F)c1C. The minimum Gasteiger partial charge on any atom is -0.392 e. The summed E-state index contributed by atoms with van der Waals surface area (Å²) >= 11 is 0. The Morgan fingerprint density at radius 1 is 1.25 bits per heavy atom.